The van der Waals surface area contributed by atoms with Crippen molar-refractivity contribution in [1.29, 1.82) is 0 Å². The van der Waals surface area contributed by atoms with E-state index in [-0.39, 0.29) is 0 Å². The van der Waals surface area contributed by atoms with Gasteiger partial charge in [0.15, 0.2) is 24.8 Å². The molecule has 0 aliphatic carbocycles. The topological polar surface area (TPSA) is 163 Å². The lowest BCUT2D eigenvalue weighted by molar-refractivity contribution is -0.708. The van der Waals surface area contributed by atoms with Crippen molar-refractivity contribution in [3.63, 3.8) is 0 Å². The van der Waals surface area contributed by atoms with Crippen LogP contribution in [0.5, 0.6) is 0 Å². The fourth-order valence-corrected chi connectivity index (χ4v) is 1.76. The zero-order valence-electron chi connectivity index (χ0n) is 13.7. The second kappa shape index (κ2) is 12.4. The average molecular weight is 408 g/mol. The minimum atomic E-state index is -4.92. The number of rotatable bonds is 5. The summed E-state index contributed by atoms with van der Waals surface area (Å²) >= 11 is 0. The number of nitrogens with zero attached hydrogens (tertiary/aromatic N) is 2. The highest BCUT2D eigenvalue weighted by molar-refractivity contribution is 7.80. The smallest absolute Gasteiger partial charge is 0.215 e. The SMILES string of the molecule is O=S(=O)([O-])O.O=S(=O)([O-])O.c1cc[n+](CCCC[n+]2ccccc2)cc1. The second-order valence-electron chi connectivity index (χ2n) is 4.79. The molecule has 2 aromatic heterocycles. The van der Waals surface area contributed by atoms with Gasteiger partial charge in [0.25, 0.3) is 0 Å². The van der Waals surface area contributed by atoms with E-state index < -0.39 is 20.8 Å². The molecule has 2 rings (SSSR count). The standard InChI is InChI=1S/C14H18N2.2H2O4S/c1-3-9-15(10-4-1)13-7-8-14-16-11-5-2-6-12-16;2*1-5(2,3)4/h1-6,9-12H,7-8,13-14H2;2*(H2,1,2,3,4)/q+2;;/p-2. The first-order valence-electron chi connectivity index (χ1n) is 7.20. The lowest BCUT2D eigenvalue weighted by atomic mass is 10.3. The van der Waals surface area contributed by atoms with Gasteiger partial charge in [-0.3, -0.25) is 9.11 Å². The maximum Gasteiger partial charge on any atom is 0.215 e. The number of aromatic nitrogens is 2. The van der Waals surface area contributed by atoms with Gasteiger partial charge in [-0.2, -0.15) is 0 Å². The molecule has 0 bridgehead atoms. The lowest BCUT2D eigenvalue weighted by Crippen LogP contribution is -2.35. The minimum Gasteiger partial charge on any atom is -0.726 e. The summed E-state index contributed by atoms with van der Waals surface area (Å²) in [6.07, 6.45) is 10.9. The zero-order valence-corrected chi connectivity index (χ0v) is 15.3. The Hall–Kier alpha value is -1.96. The van der Waals surface area contributed by atoms with E-state index in [4.69, 9.17) is 35.0 Å². The maximum absolute atomic E-state index is 8.63. The molecule has 26 heavy (non-hydrogen) atoms. The van der Waals surface area contributed by atoms with Crippen molar-refractivity contribution in [3.8, 4) is 0 Å². The Morgan fingerprint density at radius 1 is 0.615 bits per heavy atom. The first kappa shape index (κ1) is 24.0. The van der Waals surface area contributed by atoms with Gasteiger partial charge in [0.05, 0.1) is 0 Å². The summed E-state index contributed by atoms with van der Waals surface area (Å²) in [5.41, 5.74) is 0. The molecule has 0 radical (unpaired) electrons. The van der Waals surface area contributed by atoms with Gasteiger partial charge in [0, 0.05) is 37.1 Å². The van der Waals surface area contributed by atoms with Crippen LogP contribution in [-0.2, 0) is 33.9 Å². The van der Waals surface area contributed by atoms with E-state index in [1.54, 1.807) is 0 Å². The molecule has 0 spiro atoms. The number of pyridine rings is 2. The second-order valence-corrected chi connectivity index (χ2v) is 6.50. The van der Waals surface area contributed by atoms with Crippen LogP contribution >= 0.6 is 0 Å². The largest absolute Gasteiger partial charge is 0.726 e. The van der Waals surface area contributed by atoms with Crippen molar-refractivity contribution in [2.75, 3.05) is 0 Å². The summed E-state index contributed by atoms with van der Waals surface area (Å²) in [5, 5.41) is 0. The van der Waals surface area contributed by atoms with Crippen LogP contribution in [0.15, 0.2) is 61.2 Å². The Labute approximate surface area is 152 Å². The fourth-order valence-electron chi connectivity index (χ4n) is 1.76. The molecule has 0 fully saturated rings. The number of hydrogen-bond donors (Lipinski definition) is 2. The molecule has 12 heteroatoms. The monoisotopic (exact) mass is 408 g/mol. The molecule has 0 saturated heterocycles. The summed E-state index contributed by atoms with van der Waals surface area (Å²) in [6, 6.07) is 12.4. The zero-order chi connectivity index (χ0) is 20.1. The number of unbranched alkanes of at least 4 members (excludes halogenated alkanes) is 1. The summed E-state index contributed by atoms with van der Waals surface area (Å²) in [5.74, 6) is 0. The van der Waals surface area contributed by atoms with Crippen LogP contribution in [0, 0.1) is 0 Å². The molecule has 0 aliphatic heterocycles. The molecule has 0 unspecified atom stereocenters. The van der Waals surface area contributed by atoms with E-state index in [1.807, 2.05) is 0 Å². The molecule has 0 saturated carbocycles. The first-order valence-corrected chi connectivity index (χ1v) is 9.93. The Morgan fingerprint density at radius 2 is 0.846 bits per heavy atom. The van der Waals surface area contributed by atoms with Gasteiger partial charge < -0.3 is 9.11 Å². The number of aryl methyl sites for hydroxylation is 2. The summed E-state index contributed by atoms with van der Waals surface area (Å²) in [7, 11) is -9.83. The van der Waals surface area contributed by atoms with Crippen LogP contribution in [0.4, 0.5) is 0 Å². The van der Waals surface area contributed by atoms with E-state index in [9.17, 15) is 0 Å². The molecule has 0 aliphatic rings. The van der Waals surface area contributed by atoms with Gasteiger partial charge in [0.2, 0.25) is 20.8 Å². The highest BCUT2D eigenvalue weighted by atomic mass is 32.3. The molecular weight excluding hydrogens is 388 g/mol. The first-order chi connectivity index (χ1) is 11.9. The number of hydrogen-bond acceptors (Lipinski definition) is 6. The molecule has 0 aromatic carbocycles. The molecule has 0 atom stereocenters. The third-order valence-corrected chi connectivity index (χ3v) is 2.64. The van der Waals surface area contributed by atoms with Crippen LogP contribution in [0.25, 0.3) is 0 Å². The quantitative estimate of drug-likeness (QED) is 0.296. The summed E-state index contributed by atoms with van der Waals surface area (Å²) < 4.78 is 70.1. The molecular formula is C14H20N2O8S2. The predicted octanol–water partition coefficient (Wildman–Crippen LogP) is -0.249. The van der Waals surface area contributed by atoms with Crippen molar-refractivity contribution in [1.82, 2.24) is 0 Å². The van der Waals surface area contributed by atoms with Gasteiger partial charge >= 0.3 is 0 Å². The van der Waals surface area contributed by atoms with Gasteiger partial charge in [0.1, 0.15) is 13.1 Å². The van der Waals surface area contributed by atoms with Crippen LogP contribution in [-0.4, -0.2) is 35.0 Å². The lowest BCUT2D eigenvalue weighted by Gasteiger charge is -1.96. The van der Waals surface area contributed by atoms with Crippen molar-refractivity contribution in [3.05, 3.63) is 61.2 Å². The van der Waals surface area contributed by atoms with E-state index in [2.05, 4.69) is 70.3 Å². The van der Waals surface area contributed by atoms with Crippen LogP contribution in [0.1, 0.15) is 12.8 Å². The van der Waals surface area contributed by atoms with E-state index in [1.165, 1.54) is 12.8 Å². The minimum absolute atomic E-state index is 1.11. The third-order valence-electron chi connectivity index (χ3n) is 2.64. The fraction of sp³-hybridized carbons (Fsp3) is 0.286. The molecule has 146 valence electrons. The maximum atomic E-state index is 8.63. The van der Waals surface area contributed by atoms with Crippen molar-refractivity contribution < 1.29 is 44.2 Å². The molecule has 0 amide bonds. The molecule has 2 aromatic rings. The van der Waals surface area contributed by atoms with Crippen molar-refractivity contribution >= 4 is 20.8 Å². The third kappa shape index (κ3) is 22.0. The van der Waals surface area contributed by atoms with E-state index in [0.717, 1.165) is 13.1 Å². The van der Waals surface area contributed by atoms with Crippen molar-refractivity contribution in [2.45, 2.75) is 25.9 Å². The van der Waals surface area contributed by atoms with Gasteiger partial charge in [-0.1, -0.05) is 12.1 Å². The van der Waals surface area contributed by atoms with E-state index >= 15 is 0 Å². The highest BCUT2D eigenvalue weighted by Crippen LogP contribution is 1.89. The summed E-state index contributed by atoms with van der Waals surface area (Å²) in [6.45, 7) is 2.21. The highest BCUT2D eigenvalue weighted by Gasteiger charge is 2.01. The van der Waals surface area contributed by atoms with Crippen LogP contribution < -0.4 is 9.13 Å². The summed E-state index contributed by atoms with van der Waals surface area (Å²) in [4.78, 5) is 0. The predicted molar refractivity (Wildman–Crippen MR) is 87.2 cm³/mol. The Morgan fingerprint density at radius 3 is 1.08 bits per heavy atom. The van der Waals surface area contributed by atoms with Crippen LogP contribution in [0.3, 0.4) is 0 Å². The van der Waals surface area contributed by atoms with Gasteiger partial charge in [-0.05, 0) is 0 Å². The van der Waals surface area contributed by atoms with Gasteiger partial charge in [-0.25, -0.2) is 26.0 Å². The normalized spacial score (nSPS) is 10.8. The van der Waals surface area contributed by atoms with E-state index in [0.29, 0.717) is 0 Å². The molecule has 2 N–H and O–H groups in total. The molecule has 2 heterocycles. The van der Waals surface area contributed by atoms with Gasteiger partial charge in [-0.15, -0.1) is 0 Å². The Kier molecular flexibility index (Phi) is 11.5. The molecule has 10 nitrogen and oxygen atoms in total. The van der Waals surface area contributed by atoms with Crippen molar-refractivity contribution in [2.24, 2.45) is 0 Å². The van der Waals surface area contributed by atoms with Crippen LogP contribution in [0.2, 0.25) is 0 Å². The Balaban J connectivity index is 0.000000520. The Bertz CT molecular complexity index is 725. The average Bonchev–Trinajstić information content (AvgIpc) is 2.50.